The summed E-state index contributed by atoms with van der Waals surface area (Å²) >= 11 is 8.69. The van der Waals surface area contributed by atoms with Gasteiger partial charge in [-0.05, 0) is 26.0 Å². The molecule has 2 N–H and O–H groups in total. The van der Waals surface area contributed by atoms with Gasteiger partial charge in [0, 0.05) is 42.0 Å². The minimum absolute atomic E-state index is 0.700. The summed E-state index contributed by atoms with van der Waals surface area (Å²) in [6.45, 7) is 4.07. The van der Waals surface area contributed by atoms with E-state index in [1.54, 1.807) is 13.8 Å². The summed E-state index contributed by atoms with van der Waals surface area (Å²) in [5.74, 6) is 0.0744. The van der Waals surface area contributed by atoms with Gasteiger partial charge >= 0.3 is 5.97 Å². The van der Waals surface area contributed by atoms with Crippen LogP contribution < -0.4 is 5.32 Å². The fourth-order valence-corrected chi connectivity index (χ4v) is 4.78. The standard InChI is InChI=1S/C19H21ClN4O2S2/c1-19(2,17(25)26)28-18-22-14(11-27-18)8-9-21-16-10-15(23-24(16)3)12-4-6-13(20)7-5-12/h4-7,10-11,21H,8-9H2,1-3H3,(H,25,26). The van der Waals surface area contributed by atoms with Crippen LogP contribution in [0.15, 0.2) is 40.1 Å². The number of thioether (sulfide) groups is 1. The van der Waals surface area contributed by atoms with E-state index in [1.165, 1.54) is 23.1 Å². The minimum Gasteiger partial charge on any atom is -0.480 e. The number of aliphatic carboxylic acids is 1. The predicted molar refractivity (Wildman–Crippen MR) is 116 cm³/mol. The zero-order chi connectivity index (χ0) is 20.3. The summed E-state index contributed by atoms with van der Waals surface area (Å²) in [7, 11) is 1.90. The van der Waals surface area contributed by atoms with Crippen molar-refractivity contribution in [2.75, 3.05) is 11.9 Å². The van der Waals surface area contributed by atoms with Gasteiger partial charge in [0.15, 0.2) is 4.34 Å². The number of carbonyl (C=O) groups is 1. The maximum absolute atomic E-state index is 11.2. The Labute approximate surface area is 176 Å². The number of aromatic nitrogens is 3. The number of aryl methyl sites for hydroxylation is 1. The number of carboxylic acid groups (broad SMARTS) is 1. The quantitative estimate of drug-likeness (QED) is 0.493. The van der Waals surface area contributed by atoms with Crippen LogP contribution in [-0.2, 0) is 18.3 Å². The van der Waals surface area contributed by atoms with Crippen molar-refractivity contribution in [3.63, 3.8) is 0 Å². The first kappa shape index (κ1) is 20.7. The van der Waals surface area contributed by atoms with Crippen molar-refractivity contribution in [2.45, 2.75) is 29.4 Å². The zero-order valence-corrected chi connectivity index (χ0v) is 18.2. The third-order valence-corrected chi connectivity index (χ3v) is 6.52. The molecule has 0 radical (unpaired) electrons. The van der Waals surface area contributed by atoms with Crippen molar-refractivity contribution in [1.29, 1.82) is 0 Å². The highest BCUT2D eigenvalue weighted by Gasteiger charge is 2.29. The van der Waals surface area contributed by atoms with E-state index in [9.17, 15) is 9.90 Å². The number of benzene rings is 1. The molecule has 0 spiro atoms. The molecule has 2 aromatic heterocycles. The number of nitrogens with zero attached hydrogens (tertiary/aromatic N) is 3. The first-order valence-electron chi connectivity index (χ1n) is 8.65. The van der Waals surface area contributed by atoms with Crippen LogP contribution in [0.25, 0.3) is 11.3 Å². The number of anilines is 1. The van der Waals surface area contributed by atoms with Gasteiger partial charge in [-0.25, -0.2) is 4.98 Å². The van der Waals surface area contributed by atoms with Crippen LogP contribution in [0.5, 0.6) is 0 Å². The van der Waals surface area contributed by atoms with Crippen LogP contribution in [0.4, 0.5) is 5.82 Å². The highest BCUT2D eigenvalue weighted by Crippen LogP contribution is 2.34. The summed E-state index contributed by atoms with van der Waals surface area (Å²) in [6, 6.07) is 9.59. The summed E-state index contributed by atoms with van der Waals surface area (Å²) in [4.78, 5) is 15.8. The smallest absolute Gasteiger partial charge is 0.319 e. The number of nitrogens with one attached hydrogen (secondary N) is 1. The van der Waals surface area contributed by atoms with Crippen molar-refractivity contribution in [2.24, 2.45) is 7.05 Å². The molecule has 0 aliphatic rings. The van der Waals surface area contributed by atoms with E-state index in [0.29, 0.717) is 11.6 Å². The second-order valence-electron chi connectivity index (χ2n) is 6.74. The Balaban J connectivity index is 1.57. The molecule has 0 aliphatic heterocycles. The van der Waals surface area contributed by atoms with Crippen molar-refractivity contribution in [3.05, 3.63) is 46.4 Å². The van der Waals surface area contributed by atoms with Gasteiger partial charge in [0.05, 0.1) is 11.4 Å². The highest BCUT2D eigenvalue weighted by atomic mass is 35.5. The lowest BCUT2D eigenvalue weighted by atomic mass is 10.1. The third-order valence-electron chi connectivity index (χ3n) is 4.10. The Morgan fingerprint density at radius 1 is 1.36 bits per heavy atom. The van der Waals surface area contributed by atoms with E-state index in [0.717, 1.165) is 33.5 Å². The molecular formula is C19H21ClN4O2S2. The Bertz CT molecular complexity index is 967. The van der Waals surface area contributed by atoms with E-state index in [-0.39, 0.29) is 0 Å². The minimum atomic E-state index is -0.889. The fraction of sp³-hybridized carbons (Fsp3) is 0.316. The number of thiazole rings is 1. The van der Waals surface area contributed by atoms with E-state index >= 15 is 0 Å². The second-order valence-corrected chi connectivity index (χ2v) is 9.91. The molecule has 1 aromatic carbocycles. The van der Waals surface area contributed by atoms with Crippen LogP contribution in [0.1, 0.15) is 19.5 Å². The molecule has 0 fully saturated rings. The molecule has 2 heterocycles. The molecule has 0 saturated carbocycles. The fourth-order valence-electron chi connectivity index (χ4n) is 2.43. The molecule has 3 aromatic rings. The average molecular weight is 437 g/mol. The lowest BCUT2D eigenvalue weighted by Crippen LogP contribution is -2.26. The molecule has 0 bridgehead atoms. The molecule has 148 valence electrons. The Hall–Kier alpha value is -2.03. The lowest BCUT2D eigenvalue weighted by Gasteiger charge is -2.15. The van der Waals surface area contributed by atoms with Gasteiger partial charge in [-0.1, -0.05) is 35.5 Å². The van der Waals surface area contributed by atoms with Gasteiger partial charge in [-0.15, -0.1) is 11.3 Å². The molecule has 28 heavy (non-hydrogen) atoms. The van der Waals surface area contributed by atoms with Gasteiger partial charge < -0.3 is 10.4 Å². The summed E-state index contributed by atoms with van der Waals surface area (Å²) in [6.07, 6.45) is 0.742. The molecule has 0 amide bonds. The van der Waals surface area contributed by atoms with E-state index in [1.807, 2.05) is 47.4 Å². The van der Waals surface area contributed by atoms with Gasteiger partial charge in [-0.2, -0.15) is 5.10 Å². The molecule has 9 heteroatoms. The monoisotopic (exact) mass is 436 g/mol. The van der Waals surface area contributed by atoms with Gasteiger partial charge in [0.25, 0.3) is 0 Å². The van der Waals surface area contributed by atoms with E-state index in [4.69, 9.17) is 11.6 Å². The average Bonchev–Trinajstić information content (AvgIpc) is 3.22. The first-order chi connectivity index (χ1) is 13.2. The number of hydrogen-bond donors (Lipinski definition) is 2. The molecule has 0 unspecified atom stereocenters. The van der Waals surface area contributed by atoms with Crippen molar-refractivity contribution in [3.8, 4) is 11.3 Å². The maximum Gasteiger partial charge on any atom is 0.319 e. The summed E-state index contributed by atoms with van der Waals surface area (Å²) in [5.41, 5.74) is 2.83. The van der Waals surface area contributed by atoms with Crippen LogP contribution in [-0.4, -0.2) is 37.1 Å². The molecule has 6 nitrogen and oxygen atoms in total. The molecule has 0 atom stereocenters. The second kappa shape index (κ2) is 8.55. The number of carboxylic acids is 1. The zero-order valence-electron chi connectivity index (χ0n) is 15.8. The Morgan fingerprint density at radius 2 is 2.07 bits per heavy atom. The Kier molecular flexibility index (Phi) is 6.32. The van der Waals surface area contributed by atoms with E-state index in [2.05, 4.69) is 15.4 Å². The van der Waals surface area contributed by atoms with Crippen molar-refractivity contribution < 1.29 is 9.90 Å². The number of halogens is 1. The molecule has 0 saturated heterocycles. The molecule has 0 aliphatic carbocycles. The SMILES string of the molecule is Cn1nc(-c2ccc(Cl)cc2)cc1NCCc1csc(SC(C)(C)C(=O)O)n1. The topological polar surface area (TPSA) is 80.0 Å². The van der Waals surface area contributed by atoms with Crippen molar-refractivity contribution in [1.82, 2.24) is 14.8 Å². The largest absolute Gasteiger partial charge is 0.480 e. The normalized spacial score (nSPS) is 11.6. The van der Waals surface area contributed by atoms with E-state index < -0.39 is 10.7 Å². The third kappa shape index (κ3) is 5.06. The lowest BCUT2D eigenvalue weighted by molar-refractivity contribution is -0.138. The van der Waals surface area contributed by atoms with Gasteiger partial charge in [0.2, 0.25) is 0 Å². The summed E-state index contributed by atoms with van der Waals surface area (Å²) < 4.78 is 1.69. The van der Waals surface area contributed by atoms with Gasteiger partial charge in [0.1, 0.15) is 10.6 Å². The van der Waals surface area contributed by atoms with Crippen LogP contribution >= 0.6 is 34.7 Å². The van der Waals surface area contributed by atoms with Gasteiger partial charge in [-0.3, -0.25) is 9.48 Å². The Morgan fingerprint density at radius 3 is 2.75 bits per heavy atom. The number of rotatable bonds is 8. The number of hydrogen-bond acceptors (Lipinski definition) is 6. The summed E-state index contributed by atoms with van der Waals surface area (Å²) in [5, 5.41) is 19.8. The van der Waals surface area contributed by atoms with Crippen LogP contribution in [0.2, 0.25) is 5.02 Å². The van der Waals surface area contributed by atoms with Crippen LogP contribution in [0, 0.1) is 0 Å². The first-order valence-corrected chi connectivity index (χ1v) is 10.7. The molecular weight excluding hydrogens is 416 g/mol. The maximum atomic E-state index is 11.2. The van der Waals surface area contributed by atoms with Crippen molar-refractivity contribution >= 4 is 46.5 Å². The highest BCUT2D eigenvalue weighted by molar-refractivity contribution is 8.02. The molecule has 3 rings (SSSR count). The van der Waals surface area contributed by atoms with Crippen LogP contribution in [0.3, 0.4) is 0 Å². The predicted octanol–water partition coefficient (Wildman–Crippen LogP) is 4.81.